The molecule has 11 heteroatoms. The number of aromatic amines is 2. The Morgan fingerprint density at radius 3 is 2.06 bits per heavy atom. The van der Waals surface area contributed by atoms with Crippen molar-refractivity contribution >= 4 is 105 Å². The Morgan fingerprint density at radius 1 is 0.879 bits per heavy atom. The van der Waals surface area contributed by atoms with E-state index in [9.17, 15) is 0 Å². The first-order chi connectivity index (χ1) is 15.2. The van der Waals surface area contributed by atoms with Gasteiger partial charge in [0.15, 0.2) is 0 Å². The Balaban J connectivity index is 0.000000547. The second-order valence-electron chi connectivity index (χ2n) is 6.69. The van der Waals surface area contributed by atoms with Crippen LogP contribution in [0.2, 0.25) is 0 Å². The number of fused-ring (bicyclic) bond motifs is 2. The average molecular weight is 848 g/mol. The Hall–Kier alpha value is 1.87. The van der Waals surface area contributed by atoms with Gasteiger partial charge in [-0.3, -0.25) is 0 Å². The molecule has 0 aromatic carbocycles. The van der Waals surface area contributed by atoms with Crippen LogP contribution in [0.25, 0.3) is 22.1 Å². The van der Waals surface area contributed by atoms with Crippen LogP contribution in [0.1, 0.15) is 39.5 Å². The maximum absolute atomic E-state index is 4.40. The van der Waals surface area contributed by atoms with Crippen LogP contribution in [-0.4, -0.2) is 36.9 Å². The maximum Gasteiger partial charge on any atom is 1.00 e. The van der Waals surface area contributed by atoms with Gasteiger partial charge >= 0.3 is 51.4 Å². The Morgan fingerprint density at radius 2 is 1.45 bits per heavy atom. The molecule has 176 valence electrons. The molecule has 0 saturated heterocycles. The van der Waals surface area contributed by atoms with Gasteiger partial charge in [0.1, 0.15) is 11.3 Å². The zero-order valence-electron chi connectivity index (χ0n) is 19.1. The van der Waals surface area contributed by atoms with Gasteiger partial charge in [-0.2, -0.15) is 0 Å². The summed E-state index contributed by atoms with van der Waals surface area (Å²) in [6.07, 6.45) is 12.9. The molecule has 0 fully saturated rings. The summed E-state index contributed by atoms with van der Waals surface area (Å²) in [6, 6.07) is 6.48. The van der Waals surface area contributed by atoms with E-state index >= 15 is 0 Å². The minimum Gasteiger partial charge on any atom is -0.870 e. The fraction of sp³-hybridized carbons (Fsp3) is 0.364. The van der Waals surface area contributed by atoms with E-state index in [1.807, 2.05) is 48.3 Å². The molecule has 0 amide bonds. The van der Waals surface area contributed by atoms with Crippen molar-refractivity contribution in [2.24, 2.45) is 0 Å². The molecule has 5 nitrogen and oxygen atoms in total. The van der Waals surface area contributed by atoms with Crippen LogP contribution >= 0.6 is 83.3 Å². The monoisotopic (exact) mass is 848 g/mol. The minimum atomic E-state index is 0. The van der Waals surface area contributed by atoms with Crippen LogP contribution in [0.5, 0.6) is 0 Å². The molecule has 4 aromatic heterocycles. The van der Waals surface area contributed by atoms with Crippen molar-refractivity contribution in [1.29, 1.82) is 0 Å². The largest absolute Gasteiger partial charge is 1.00 e. The number of nitrogens with zero attached hydrogens (tertiary/aromatic N) is 2. The van der Waals surface area contributed by atoms with Gasteiger partial charge in [-0.1, -0.05) is 26.7 Å². The summed E-state index contributed by atoms with van der Waals surface area (Å²) < 4.78 is 1.24. The first kappa shape index (κ1) is 34.9. The number of thioether (sulfide) groups is 2. The standard InChI is InChI=1S/C11H13IN2S.C11H14N2S.I2.K.H2O/c1-2-3-4-15-8-5-9-10(12)7-14-11(9)13-6-8;1-2-3-6-14-10-7-9-4-5-12-11(9)13-8-10;1-2;;/h5-7H,2-4H2,1H3,(H,13,14);4-5,7-8H,2-3,6H2,1H3,(H,12,13);;;1H2/q;;;+1;/p-1. The zero-order chi connectivity index (χ0) is 22.5. The fourth-order valence-corrected chi connectivity index (χ4v) is 5.27. The number of unbranched alkanes of at least 4 members (excludes halogenated alkanes) is 2. The van der Waals surface area contributed by atoms with Gasteiger partial charge in [-0.05, 0) is 65.1 Å². The topological polar surface area (TPSA) is 87.4 Å². The molecule has 4 rings (SSSR count). The number of hydrogen-bond acceptors (Lipinski definition) is 5. The van der Waals surface area contributed by atoms with E-state index in [0.717, 1.165) is 11.3 Å². The number of rotatable bonds is 8. The van der Waals surface area contributed by atoms with Crippen LogP contribution in [0.15, 0.2) is 52.8 Å². The van der Waals surface area contributed by atoms with Gasteiger partial charge in [-0.15, -0.1) is 23.5 Å². The third-order valence-corrected chi connectivity index (χ3v) is 7.36. The fourth-order valence-electron chi connectivity index (χ4n) is 2.70. The molecule has 0 aliphatic rings. The Kier molecular flexibility index (Phi) is 22.1. The summed E-state index contributed by atoms with van der Waals surface area (Å²) >= 11 is 10.4. The van der Waals surface area contributed by atoms with Crippen LogP contribution < -0.4 is 51.4 Å². The molecule has 0 aliphatic carbocycles. The molecule has 3 N–H and O–H groups in total. The molecule has 0 spiro atoms. The summed E-state index contributed by atoms with van der Waals surface area (Å²) in [6.45, 7) is 4.44. The SMILES string of the molecule is CCCCSc1cnc2[nH]cc(I)c2c1.CCCCSc1cnc2[nH]ccc2c1.II.[K+].[OH-]. The number of H-pyrrole nitrogens is 2. The van der Waals surface area contributed by atoms with E-state index in [-0.39, 0.29) is 56.9 Å². The van der Waals surface area contributed by atoms with Crippen molar-refractivity contribution in [3.63, 3.8) is 0 Å². The van der Waals surface area contributed by atoms with Gasteiger partial charge in [0.2, 0.25) is 0 Å². The van der Waals surface area contributed by atoms with Crippen LogP contribution in [0, 0.1) is 3.57 Å². The van der Waals surface area contributed by atoms with Crippen molar-refractivity contribution in [3.05, 3.63) is 46.6 Å². The number of aromatic nitrogens is 4. The van der Waals surface area contributed by atoms with Gasteiger partial charge in [0.25, 0.3) is 0 Å². The molecular formula is C22H28I3KN4OS2. The number of halogens is 3. The number of pyridine rings is 2. The van der Waals surface area contributed by atoms with E-state index in [2.05, 4.69) is 112 Å². The third-order valence-electron chi connectivity index (χ3n) is 4.36. The van der Waals surface area contributed by atoms with E-state index in [0.29, 0.717) is 0 Å². The van der Waals surface area contributed by atoms with Crippen molar-refractivity contribution < 1.29 is 56.9 Å². The molecule has 4 aromatic rings. The molecule has 4 heterocycles. The Labute approximate surface area is 284 Å². The van der Waals surface area contributed by atoms with E-state index in [1.54, 1.807) is 0 Å². The maximum atomic E-state index is 4.40. The van der Waals surface area contributed by atoms with Gasteiger partial charge in [-0.25, -0.2) is 9.97 Å². The first-order valence-electron chi connectivity index (χ1n) is 10.2. The van der Waals surface area contributed by atoms with Crippen molar-refractivity contribution in [2.75, 3.05) is 11.5 Å². The molecule has 0 saturated carbocycles. The second-order valence-corrected chi connectivity index (χ2v) is 10.2. The average Bonchev–Trinajstić information content (AvgIpc) is 3.42. The molecule has 0 unspecified atom stereocenters. The summed E-state index contributed by atoms with van der Waals surface area (Å²) in [7, 11) is 0. The predicted octanol–water partition coefficient (Wildman–Crippen LogP) is 6.11. The molecule has 0 radical (unpaired) electrons. The smallest absolute Gasteiger partial charge is 0.870 e. The van der Waals surface area contributed by atoms with Crippen LogP contribution in [0.3, 0.4) is 0 Å². The van der Waals surface area contributed by atoms with Crippen LogP contribution in [-0.2, 0) is 0 Å². The number of hydrogen-bond donors (Lipinski definition) is 2. The summed E-state index contributed by atoms with van der Waals surface area (Å²) in [4.78, 5) is 17.5. The van der Waals surface area contributed by atoms with Gasteiger partial charge in [0.05, 0.1) is 0 Å². The van der Waals surface area contributed by atoms with Gasteiger partial charge in [0, 0.05) is 86.2 Å². The molecule has 33 heavy (non-hydrogen) atoms. The third kappa shape index (κ3) is 12.3. The summed E-state index contributed by atoms with van der Waals surface area (Å²) in [5.74, 6) is 2.37. The van der Waals surface area contributed by atoms with Crippen molar-refractivity contribution in [2.45, 2.75) is 49.3 Å². The molecule has 0 bridgehead atoms. The second kappa shape index (κ2) is 20.9. The minimum absolute atomic E-state index is 0. The van der Waals surface area contributed by atoms with Crippen LogP contribution in [0.4, 0.5) is 0 Å². The molecular weight excluding hydrogens is 820 g/mol. The van der Waals surface area contributed by atoms with Crippen molar-refractivity contribution in [1.82, 2.24) is 19.9 Å². The normalized spacial score (nSPS) is 9.85. The summed E-state index contributed by atoms with van der Waals surface area (Å²) in [5, 5.41) is 2.43. The van der Waals surface area contributed by atoms with E-state index in [1.165, 1.54) is 61.3 Å². The van der Waals surface area contributed by atoms with Gasteiger partial charge < -0.3 is 15.4 Å². The van der Waals surface area contributed by atoms with E-state index in [4.69, 9.17) is 0 Å². The molecule has 0 aliphatic heterocycles. The molecule has 0 atom stereocenters. The van der Waals surface area contributed by atoms with Crippen molar-refractivity contribution in [3.8, 4) is 0 Å². The number of nitrogens with one attached hydrogen (secondary N) is 2. The zero-order valence-corrected chi connectivity index (χ0v) is 30.3. The Bertz CT molecular complexity index is 1050. The van der Waals surface area contributed by atoms with E-state index < -0.39 is 0 Å². The summed E-state index contributed by atoms with van der Waals surface area (Å²) in [5.41, 5.74) is 1.96. The predicted molar refractivity (Wildman–Crippen MR) is 166 cm³/mol. The quantitative estimate of drug-likeness (QED) is 0.0968. The first-order valence-corrected chi connectivity index (χ1v) is 19.5.